The molecule has 1 unspecified atom stereocenters. The van der Waals surface area contributed by atoms with Crippen LogP contribution in [0.25, 0.3) is 0 Å². The smallest absolute Gasteiger partial charge is 0.305 e. The van der Waals surface area contributed by atoms with Crippen LogP contribution in [-0.2, 0) is 22.6 Å². The minimum absolute atomic E-state index is 0.245. The number of fused-ring (bicyclic) bond motifs is 1. The average Bonchev–Trinajstić information content (AvgIpc) is 2.80. The fourth-order valence-electron chi connectivity index (χ4n) is 2.80. The van der Waals surface area contributed by atoms with Crippen molar-refractivity contribution in [2.24, 2.45) is 5.73 Å². The van der Waals surface area contributed by atoms with Gasteiger partial charge in [-0.2, -0.15) is 0 Å². The minimum atomic E-state index is -1.15. The number of nitrogens with two attached hydrogens (primary N) is 1. The molecule has 1 heterocycles. The van der Waals surface area contributed by atoms with Gasteiger partial charge in [0.1, 0.15) is 6.04 Å². The monoisotopic (exact) mass is 304 g/mol. The number of carbonyl (C=O) groups excluding carboxylic acids is 2. The Morgan fingerprint density at radius 1 is 1.41 bits per heavy atom. The molecule has 0 fully saturated rings. The van der Waals surface area contributed by atoms with E-state index in [-0.39, 0.29) is 12.5 Å². The molecule has 1 atom stereocenters. The second kappa shape index (κ2) is 6.60. The van der Waals surface area contributed by atoms with E-state index in [9.17, 15) is 14.4 Å². The van der Waals surface area contributed by atoms with E-state index in [2.05, 4.69) is 6.92 Å². The highest BCUT2D eigenvalue weighted by Crippen LogP contribution is 2.29. The summed E-state index contributed by atoms with van der Waals surface area (Å²) in [5.74, 6) is -2.27. The van der Waals surface area contributed by atoms with Gasteiger partial charge >= 0.3 is 5.97 Å². The Hall–Kier alpha value is -2.37. The molecule has 2 rings (SSSR count). The lowest BCUT2D eigenvalue weighted by Crippen LogP contribution is -2.46. The number of rotatable bonds is 7. The third-order valence-corrected chi connectivity index (χ3v) is 3.97. The first-order chi connectivity index (χ1) is 10.5. The number of aliphatic carboxylic acids is 1. The van der Waals surface area contributed by atoms with Crippen molar-refractivity contribution in [3.8, 4) is 0 Å². The van der Waals surface area contributed by atoms with Gasteiger partial charge < -0.3 is 15.7 Å². The number of amides is 2. The van der Waals surface area contributed by atoms with E-state index in [4.69, 9.17) is 10.8 Å². The number of carbonyl (C=O) groups is 3. The first-order valence-electron chi connectivity index (χ1n) is 7.38. The molecule has 0 aliphatic carbocycles. The largest absolute Gasteiger partial charge is 0.481 e. The van der Waals surface area contributed by atoms with E-state index >= 15 is 0 Å². The molecule has 1 aromatic carbocycles. The maximum absolute atomic E-state index is 12.5. The summed E-state index contributed by atoms with van der Waals surface area (Å²) in [4.78, 5) is 36.2. The molecule has 0 saturated heterocycles. The number of primary amides is 1. The van der Waals surface area contributed by atoms with E-state index < -0.39 is 24.3 Å². The molecule has 6 nitrogen and oxygen atoms in total. The Morgan fingerprint density at radius 3 is 2.73 bits per heavy atom. The van der Waals surface area contributed by atoms with Crippen LogP contribution >= 0.6 is 0 Å². The molecule has 22 heavy (non-hydrogen) atoms. The van der Waals surface area contributed by atoms with Crippen LogP contribution in [0.2, 0.25) is 0 Å². The van der Waals surface area contributed by atoms with E-state index in [0.29, 0.717) is 5.56 Å². The summed E-state index contributed by atoms with van der Waals surface area (Å²) in [5, 5.41) is 8.92. The van der Waals surface area contributed by atoms with Crippen LogP contribution in [0.4, 0.5) is 0 Å². The molecule has 118 valence electrons. The molecule has 0 radical (unpaired) electrons. The maximum atomic E-state index is 12.5. The highest BCUT2D eigenvalue weighted by atomic mass is 16.4. The number of aryl methyl sites for hydroxylation is 1. The van der Waals surface area contributed by atoms with Crippen molar-refractivity contribution in [1.82, 2.24) is 4.90 Å². The average molecular weight is 304 g/mol. The van der Waals surface area contributed by atoms with Crippen molar-refractivity contribution in [1.29, 1.82) is 0 Å². The lowest BCUT2D eigenvalue weighted by atomic mass is 9.99. The highest BCUT2D eigenvalue weighted by Gasteiger charge is 2.37. The first-order valence-corrected chi connectivity index (χ1v) is 7.38. The predicted molar refractivity (Wildman–Crippen MR) is 80.2 cm³/mol. The molecule has 2 amide bonds. The van der Waals surface area contributed by atoms with Gasteiger partial charge in [-0.25, -0.2) is 0 Å². The summed E-state index contributed by atoms with van der Waals surface area (Å²) in [6.07, 6.45) is 2.45. The molecule has 1 aliphatic heterocycles. The maximum Gasteiger partial charge on any atom is 0.305 e. The number of hydrogen-bond donors (Lipinski definition) is 2. The van der Waals surface area contributed by atoms with Crippen LogP contribution in [0.15, 0.2) is 18.2 Å². The number of unbranched alkanes of at least 4 members (excludes halogenated alkanes) is 1. The van der Waals surface area contributed by atoms with Gasteiger partial charge in [-0.15, -0.1) is 0 Å². The van der Waals surface area contributed by atoms with Gasteiger partial charge in [-0.3, -0.25) is 14.4 Å². The fraction of sp³-hybridized carbons (Fsp3) is 0.438. The lowest BCUT2D eigenvalue weighted by Gasteiger charge is -2.23. The summed E-state index contributed by atoms with van der Waals surface area (Å²) in [6.45, 7) is 2.34. The molecule has 1 aromatic rings. The van der Waals surface area contributed by atoms with Crippen LogP contribution in [0.3, 0.4) is 0 Å². The minimum Gasteiger partial charge on any atom is -0.481 e. The summed E-state index contributed by atoms with van der Waals surface area (Å²) in [5.41, 5.74) is 7.79. The van der Waals surface area contributed by atoms with Crippen molar-refractivity contribution < 1.29 is 19.5 Å². The van der Waals surface area contributed by atoms with E-state index in [1.54, 1.807) is 6.07 Å². The van der Waals surface area contributed by atoms with E-state index in [0.717, 1.165) is 30.4 Å². The molecule has 0 aromatic heterocycles. The standard InChI is InChI=1S/C16H20N2O4/c1-2-3-5-10-6-4-7-11-12(10)9-18(16(11)22)13(15(17)21)8-14(19)20/h4,6-7,13H,2-3,5,8-9H2,1H3,(H2,17,21)(H,19,20). The van der Waals surface area contributed by atoms with Crippen LogP contribution in [0, 0.1) is 0 Å². The van der Waals surface area contributed by atoms with Gasteiger partial charge in [0.15, 0.2) is 0 Å². The van der Waals surface area contributed by atoms with Crippen molar-refractivity contribution in [3.63, 3.8) is 0 Å². The van der Waals surface area contributed by atoms with Gasteiger partial charge in [0.05, 0.1) is 6.42 Å². The Morgan fingerprint density at radius 2 is 2.14 bits per heavy atom. The second-order valence-corrected chi connectivity index (χ2v) is 5.50. The van der Waals surface area contributed by atoms with Crippen LogP contribution in [0.1, 0.15) is 47.7 Å². The van der Waals surface area contributed by atoms with Crippen molar-refractivity contribution in [2.45, 2.75) is 45.2 Å². The Labute approximate surface area is 128 Å². The third-order valence-electron chi connectivity index (χ3n) is 3.97. The van der Waals surface area contributed by atoms with Crippen molar-refractivity contribution >= 4 is 17.8 Å². The van der Waals surface area contributed by atoms with Crippen LogP contribution in [0.5, 0.6) is 0 Å². The molecular formula is C16H20N2O4. The third kappa shape index (κ3) is 3.10. The van der Waals surface area contributed by atoms with Gasteiger partial charge in [0, 0.05) is 12.1 Å². The molecular weight excluding hydrogens is 284 g/mol. The zero-order chi connectivity index (χ0) is 16.3. The first kappa shape index (κ1) is 16.0. The molecule has 0 spiro atoms. The Bertz CT molecular complexity index is 612. The van der Waals surface area contributed by atoms with E-state index in [1.807, 2.05) is 12.1 Å². The summed E-state index contributed by atoms with van der Waals surface area (Å²) >= 11 is 0. The number of carboxylic acid groups (broad SMARTS) is 1. The number of benzene rings is 1. The van der Waals surface area contributed by atoms with Crippen LogP contribution < -0.4 is 5.73 Å². The summed E-state index contributed by atoms with van der Waals surface area (Å²) in [6, 6.07) is 4.39. The normalized spacial score (nSPS) is 14.8. The number of nitrogens with zero attached hydrogens (tertiary/aromatic N) is 1. The van der Waals surface area contributed by atoms with E-state index in [1.165, 1.54) is 4.90 Å². The SMILES string of the molecule is CCCCc1cccc2c1CN(C(CC(=O)O)C(N)=O)C2=O. The van der Waals surface area contributed by atoms with Crippen LogP contribution in [-0.4, -0.2) is 33.8 Å². The fourth-order valence-corrected chi connectivity index (χ4v) is 2.80. The van der Waals surface area contributed by atoms with Crippen molar-refractivity contribution in [3.05, 3.63) is 34.9 Å². The van der Waals surface area contributed by atoms with Gasteiger partial charge in [0.2, 0.25) is 5.91 Å². The topological polar surface area (TPSA) is 101 Å². The Balaban J connectivity index is 2.30. The van der Waals surface area contributed by atoms with Gasteiger partial charge in [0.25, 0.3) is 5.91 Å². The highest BCUT2D eigenvalue weighted by molar-refractivity contribution is 6.01. The molecule has 1 aliphatic rings. The predicted octanol–water partition coefficient (Wildman–Crippen LogP) is 1.31. The number of hydrogen-bond acceptors (Lipinski definition) is 3. The number of carboxylic acids is 1. The second-order valence-electron chi connectivity index (χ2n) is 5.50. The zero-order valence-corrected chi connectivity index (χ0v) is 12.5. The Kier molecular flexibility index (Phi) is 4.80. The molecule has 0 bridgehead atoms. The lowest BCUT2D eigenvalue weighted by molar-refractivity contribution is -0.140. The van der Waals surface area contributed by atoms with Crippen molar-refractivity contribution in [2.75, 3.05) is 0 Å². The van der Waals surface area contributed by atoms with Gasteiger partial charge in [-0.1, -0.05) is 25.5 Å². The quantitative estimate of drug-likeness (QED) is 0.793. The molecule has 3 N–H and O–H groups in total. The zero-order valence-electron chi connectivity index (χ0n) is 12.5. The molecule has 6 heteroatoms. The summed E-state index contributed by atoms with van der Waals surface area (Å²) < 4.78 is 0. The summed E-state index contributed by atoms with van der Waals surface area (Å²) in [7, 11) is 0. The molecule has 0 saturated carbocycles. The van der Waals surface area contributed by atoms with Gasteiger partial charge in [-0.05, 0) is 30.0 Å².